The molecule has 1 atom stereocenters. The van der Waals surface area contributed by atoms with Crippen LogP contribution < -0.4 is 16.6 Å². The number of hydrogen-bond acceptors (Lipinski definition) is 3. The lowest BCUT2D eigenvalue weighted by Gasteiger charge is -2.22. The average Bonchev–Trinajstić information content (AvgIpc) is 2.73. The van der Waals surface area contributed by atoms with Gasteiger partial charge in [-0.25, -0.2) is 4.79 Å². The van der Waals surface area contributed by atoms with Crippen molar-refractivity contribution in [2.75, 3.05) is 0 Å². The zero-order valence-electron chi connectivity index (χ0n) is 17.7. The van der Waals surface area contributed by atoms with Gasteiger partial charge in [0.05, 0.1) is 6.04 Å². The summed E-state index contributed by atoms with van der Waals surface area (Å²) in [5.41, 5.74) is 9.64. The summed E-state index contributed by atoms with van der Waals surface area (Å²) in [6.07, 6.45) is -0.465. The minimum atomic E-state index is -1.07. The van der Waals surface area contributed by atoms with E-state index in [1.807, 2.05) is 55.5 Å². The number of nitrogens with two attached hydrogens (primary N) is 1. The fourth-order valence-corrected chi connectivity index (χ4v) is 4.00. The summed E-state index contributed by atoms with van der Waals surface area (Å²) in [5, 5.41) is 13.2. The smallest absolute Gasteiger partial charge is 0.405 e. The van der Waals surface area contributed by atoms with Gasteiger partial charge in [-0.1, -0.05) is 57.2 Å². The molecule has 1 aromatic heterocycles. The number of benzene rings is 2. The van der Waals surface area contributed by atoms with Crippen LogP contribution in [-0.4, -0.2) is 15.8 Å². The van der Waals surface area contributed by atoms with Crippen molar-refractivity contribution < 1.29 is 9.90 Å². The van der Waals surface area contributed by atoms with E-state index in [0.29, 0.717) is 18.4 Å². The van der Waals surface area contributed by atoms with Crippen molar-refractivity contribution in [1.29, 1.82) is 0 Å². The highest BCUT2D eigenvalue weighted by molar-refractivity contribution is 5.97. The van der Waals surface area contributed by atoms with Crippen molar-refractivity contribution in [3.8, 4) is 11.1 Å². The summed E-state index contributed by atoms with van der Waals surface area (Å²) in [7, 11) is 0. The number of carbonyl (C=O) groups is 1. The van der Waals surface area contributed by atoms with Crippen molar-refractivity contribution in [3.63, 3.8) is 0 Å². The van der Waals surface area contributed by atoms with E-state index < -0.39 is 6.09 Å². The predicted octanol–water partition coefficient (Wildman–Crippen LogP) is 4.50. The molecule has 4 N–H and O–H groups in total. The number of fused-ring (bicyclic) bond motifs is 1. The van der Waals surface area contributed by atoms with E-state index in [1.54, 1.807) is 4.57 Å². The molecule has 1 amide bonds. The first-order valence-electron chi connectivity index (χ1n) is 10.3. The highest BCUT2D eigenvalue weighted by Crippen LogP contribution is 2.33. The first-order valence-corrected chi connectivity index (χ1v) is 10.3. The van der Waals surface area contributed by atoms with Gasteiger partial charge < -0.3 is 20.7 Å². The minimum absolute atomic E-state index is 0.0652. The lowest BCUT2D eigenvalue weighted by Crippen LogP contribution is -2.29. The second-order valence-electron chi connectivity index (χ2n) is 7.92. The quantitative estimate of drug-likeness (QED) is 0.537. The Morgan fingerprint density at radius 2 is 1.83 bits per heavy atom. The maximum absolute atomic E-state index is 13.4. The molecule has 0 saturated carbocycles. The second-order valence-corrected chi connectivity index (χ2v) is 7.92. The fourth-order valence-electron chi connectivity index (χ4n) is 4.00. The van der Waals surface area contributed by atoms with Crippen molar-refractivity contribution in [2.24, 2.45) is 11.7 Å². The van der Waals surface area contributed by atoms with Gasteiger partial charge >= 0.3 is 6.09 Å². The molecule has 30 heavy (non-hydrogen) atoms. The first kappa shape index (κ1) is 21.6. The zero-order chi connectivity index (χ0) is 21.8. The molecule has 0 fully saturated rings. The molecule has 6 nitrogen and oxygen atoms in total. The molecule has 3 aromatic rings. The Hall–Kier alpha value is -3.12. The molecule has 0 aliphatic heterocycles. The summed E-state index contributed by atoms with van der Waals surface area (Å²) < 4.78 is 1.79. The van der Waals surface area contributed by atoms with E-state index in [2.05, 4.69) is 19.2 Å². The lowest BCUT2D eigenvalue weighted by molar-refractivity contribution is 0.189. The zero-order valence-corrected chi connectivity index (χ0v) is 17.7. The Balaban J connectivity index is 2.38. The highest BCUT2D eigenvalue weighted by atomic mass is 16.4. The molecular weight excluding hydrogens is 378 g/mol. The Morgan fingerprint density at radius 3 is 2.40 bits per heavy atom. The molecule has 0 radical (unpaired) electrons. The van der Waals surface area contributed by atoms with E-state index in [9.17, 15) is 14.7 Å². The summed E-state index contributed by atoms with van der Waals surface area (Å²) in [4.78, 5) is 24.6. The van der Waals surface area contributed by atoms with Crippen LogP contribution in [0.15, 0.2) is 53.3 Å². The number of nitrogens with one attached hydrogen (secondary N) is 1. The maximum atomic E-state index is 13.4. The van der Waals surface area contributed by atoms with Gasteiger partial charge in [0.15, 0.2) is 0 Å². The topological polar surface area (TPSA) is 97.4 Å². The standard InChI is InChI=1S/C24H29N3O3/c1-4-20(26-24(29)30)17-10-11-18-19(12-17)22(16-8-6-5-7-9-16)21(13-25)27(23(18)28)14-15(2)3/h5-12,15,20,26H,4,13-14,25H2,1-3H3,(H,29,30). The van der Waals surface area contributed by atoms with Crippen molar-refractivity contribution in [2.45, 2.75) is 46.3 Å². The van der Waals surface area contributed by atoms with E-state index in [-0.39, 0.29) is 24.1 Å². The third-order valence-electron chi connectivity index (χ3n) is 5.31. The highest BCUT2D eigenvalue weighted by Gasteiger charge is 2.20. The normalized spacial score (nSPS) is 12.3. The van der Waals surface area contributed by atoms with Crippen LogP contribution in [0.2, 0.25) is 0 Å². The van der Waals surface area contributed by atoms with Gasteiger partial charge in [0.2, 0.25) is 0 Å². The summed E-state index contributed by atoms with van der Waals surface area (Å²) >= 11 is 0. The fraction of sp³-hybridized carbons (Fsp3) is 0.333. The summed E-state index contributed by atoms with van der Waals surface area (Å²) in [6, 6.07) is 15.1. The van der Waals surface area contributed by atoms with Crippen LogP contribution in [0, 0.1) is 5.92 Å². The van der Waals surface area contributed by atoms with Gasteiger partial charge in [0.1, 0.15) is 0 Å². The molecule has 0 bridgehead atoms. The minimum Gasteiger partial charge on any atom is -0.465 e. The number of aromatic nitrogens is 1. The van der Waals surface area contributed by atoms with Gasteiger partial charge in [0.25, 0.3) is 5.56 Å². The molecule has 1 heterocycles. The number of rotatable bonds is 7. The molecule has 158 valence electrons. The molecule has 0 spiro atoms. The van der Waals surface area contributed by atoms with Crippen LogP contribution in [0.5, 0.6) is 0 Å². The van der Waals surface area contributed by atoms with E-state index in [4.69, 9.17) is 5.73 Å². The molecule has 1 unspecified atom stereocenters. The van der Waals surface area contributed by atoms with E-state index in [1.165, 1.54) is 0 Å². The Bertz CT molecular complexity index is 1100. The van der Waals surface area contributed by atoms with Gasteiger partial charge in [-0.3, -0.25) is 4.79 Å². The molecule has 0 aliphatic carbocycles. The lowest BCUT2D eigenvalue weighted by atomic mass is 9.93. The van der Waals surface area contributed by atoms with Crippen LogP contribution >= 0.6 is 0 Å². The van der Waals surface area contributed by atoms with Gasteiger partial charge in [-0.05, 0) is 41.0 Å². The Morgan fingerprint density at radius 1 is 1.13 bits per heavy atom. The predicted molar refractivity (Wildman–Crippen MR) is 121 cm³/mol. The van der Waals surface area contributed by atoms with Gasteiger partial charge in [-0.2, -0.15) is 0 Å². The molecule has 0 aliphatic rings. The molecule has 6 heteroatoms. The number of hydrogen-bond donors (Lipinski definition) is 3. The van der Waals surface area contributed by atoms with Crippen LogP contribution in [0.4, 0.5) is 4.79 Å². The molecule has 0 saturated heterocycles. The van der Waals surface area contributed by atoms with Crippen LogP contribution in [-0.2, 0) is 13.1 Å². The molecule has 2 aromatic carbocycles. The van der Waals surface area contributed by atoms with E-state index >= 15 is 0 Å². The van der Waals surface area contributed by atoms with Gasteiger partial charge in [0, 0.05) is 29.7 Å². The number of amides is 1. The molecular formula is C24H29N3O3. The largest absolute Gasteiger partial charge is 0.465 e. The second kappa shape index (κ2) is 9.13. The Labute approximate surface area is 176 Å². The average molecular weight is 408 g/mol. The van der Waals surface area contributed by atoms with Crippen LogP contribution in [0.1, 0.15) is 44.5 Å². The number of nitrogens with zero attached hydrogens (tertiary/aromatic N) is 1. The maximum Gasteiger partial charge on any atom is 0.405 e. The van der Waals surface area contributed by atoms with Crippen molar-refractivity contribution in [3.05, 3.63) is 70.1 Å². The third-order valence-corrected chi connectivity index (χ3v) is 5.31. The first-order chi connectivity index (χ1) is 14.4. The van der Waals surface area contributed by atoms with Crippen molar-refractivity contribution in [1.82, 2.24) is 9.88 Å². The van der Waals surface area contributed by atoms with Crippen LogP contribution in [0.3, 0.4) is 0 Å². The Kier molecular flexibility index (Phi) is 6.57. The van der Waals surface area contributed by atoms with Crippen LogP contribution in [0.25, 0.3) is 21.9 Å². The number of pyridine rings is 1. The van der Waals surface area contributed by atoms with Gasteiger partial charge in [-0.15, -0.1) is 0 Å². The molecule has 3 rings (SSSR count). The monoisotopic (exact) mass is 407 g/mol. The van der Waals surface area contributed by atoms with E-state index in [0.717, 1.165) is 27.8 Å². The number of carboxylic acid groups (broad SMARTS) is 1. The summed E-state index contributed by atoms with van der Waals surface area (Å²) in [6.45, 7) is 6.89. The SMILES string of the molecule is CCC(NC(=O)O)c1ccc2c(=O)n(CC(C)C)c(CN)c(-c3ccccc3)c2c1. The third kappa shape index (κ3) is 4.24. The summed E-state index contributed by atoms with van der Waals surface area (Å²) in [5.74, 6) is 0.289. The van der Waals surface area contributed by atoms with Crippen molar-refractivity contribution >= 4 is 16.9 Å².